The van der Waals surface area contributed by atoms with E-state index in [1.54, 1.807) is 0 Å². The van der Waals surface area contributed by atoms with Crippen molar-refractivity contribution in [1.82, 2.24) is 4.98 Å². The molecule has 37 heavy (non-hydrogen) atoms. The second-order valence-electron chi connectivity index (χ2n) is 9.68. The van der Waals surface area contributed by atoms with Crippen molar-refractivity contribution in [3.05, 3.63) is 128 Å². The van der Waals surface area contributed by atoms with Gasteiger partial charge in [0.15, 0.2) is 0 Å². The van der Waals surface area contributed by atoms with Gasteiger partial charge in [-0.25, -0.2) is 0 Å². The minimum atomic E-state index is -2.66. The van der Waals surface area contributed by atoms with E-state index < -0.39 is 7.14 Å². The van der Waals surface area contributed by atoms with Gasteiger partial charge in [-0.05, 0) is 57.4 Å². The third-order valence-electron chi connectivity index (χ3n) is 7.47. The first-order valence-corrected chi connectivity index (χ1v) is 14.6. The number of fused-ring (bicyclic) bond motifs is 4. The molecular weight excluding hydrogens is 469 g/mol. The maximum Gasteiger partial charge on any atom is 0.141 e. The summed E-state index contributed by atoms with van der Waals surface area (Å²) in [5.41, 5.74) is 8.63. The van der Waals surface area contributed by atoms with Crippen LogP contribution in [0.5, 0.6) is 0 Å². The average molecular weight is 494 g/mol. The van der Waals surface area contributed by atoms with Crippen LogP contribution in [0.15, 0.2) is 128 Å². The van der Waals surface area contributed by atoms with Crippen LogP contribution in [0.2, 0.25) is 0 Å². The second kappa shape index (κ2) is 8.40. The maximum absolute atomic E-state index is 14.0. The molecule has 176 valence electrons. The fourth-order valence-corrected chi connectivity index (χ4v) is 7.95. The summed E-state index contributed by atoms with van der Waals surface area (Å²) in [6, 6.07) is 41.9. The van der Waals surface area contributed by atoms with Crippen molar-refractivity contribution in [1.29, 1.82) is 0 Å². The van der Waals surface area contributed by atoms with Gasteiger partial charge < -0.3 is 4.57 Å². The first-order chi connectivity index (χ1) is 18.1. The fourth-order valence-electron chi connectivity index (χ4n) is 5.63. The zero-order valence-corrected chi connectivity index (χ0v) is 21.3. The summed E-state index contributed by atoms with van der Waals surface area (Å²) in [7, 11) is -2.66. The lowest BCUT2D eigenvalue weighted by Crippen LogP contribution is -2.08. The van der Waals surface area contributed by atoms with Gasteiger partial charge in [0, 0.05) is 27.9 Å². The van der Waals surface area contributed by atoms with E-state index in [0.29, 0.717) is 0 Å². The van der Waals surface area contributed by atoms with Crippen molar-refractivity contribution < 1.29 is 4.57 Å². The number of nitrogens with zero attached hydrogens (tertiary/aromatic N) is 1. The van der Waals surface area contributed by atoms with Gasteiger partial charge in [0.2, 0.25) is 0 Å². The lowest BCUT2D eigenvalue weighted by molar-refractivity contribution is 0.591. The zero-order chi connectivity index (χ0) is 25.0. The number of pyridine rings is 1. The van der Waals surface area contributed by atoms with Crippen molar-refractivity contribution >= 4 is 28.5 Å². The van der Waals surface area contributed by atoms with E-state index in [1.807, 2.05) is 49.3 Å². The van der Waals surface area contributed by atoms with Crippen LogP contribution in [0.1, 0.15) is 0 Å². The predicted molar refractivity (Wildman–Crippen MR) is 156 cm³/mol. The van der Waals surface area contributed by atoms with E-state index in [9.17, 15) is 4.57 Å². The minimum absolute atomic E-state index is 0.947. The Labute approximate surface area is 216 Å². The SMILES string of the molecule is CP1(=O)c2ccccc2-c2ccc(-c3ccc4ccccc4c3-c3ccc(-c4ccccc4)nc3)cc21. The molecule has 1 atom stereocenters. The van der Waals surface area contributed by atoms with Crippen LogP contribution >= 0.6 is 7.14 Å². The Bertz CT molecular complexity index is 1860. The molecule has 0 N–H and O–H groups in total. The molecule has 7 rings (SSSR count). The van der Waals surface area contributed by atoms with Gasteiger partial charge in [-0.3, -0.25) is 4.98 Å². The summed E-state index contributed by atoms with van der Waals surface area (Å²) in [5.74, 6) is 0. The molecule has 0 saturated heterocycles. The highest BCUT2D eigenvalue weighted by molar-refractivity contribution is 7.79. The minimum Gasteiger partial charge on any atom is -0.314 e. The van der Waals surface area contributed by atoms with Crippen molar-refractivity contribution in [3.8, 4) is 44.6 Å². The molecular formula is C34H24NOP. The maximum atomic E-state index is 14.0. The number of hydrogen-bond donors (Lipinski definition) is 0. The lowest BCUT2D eigenvalue weighted by Gasteiger charge is -2.16. The molecule has 0 spiro atoms. The molecule has 0 fully saturated rings. The van der Waals surface area contributed by atoms with Gasteiger partial charge >= 0.3 is 0 Å². The van der Waals surface area contributed by atoms with E-state index in [4.69, 9.17) is 4.98 Å². The van der Waals surface area contributed by atoms with Crippen LogP contribution < -0.4 is 10.6 Å². The molecule has 0 bridgehead atoms. The first kappa shape index (κ1) is 22.0. The average Bonchev–Trinajstić information content (AvgIpc) is 3.19. The van der Waals surface area contributed by atoms with Crippen LogP contribution in [0.25, 0.3) is 55.4 Å². The van der Waals surface area contributed by atoms with E-state index in [2.05, 4.69) is 84.9 Å². The van der Waals surface area contributed by atoms with Gasteiger partial charge in [-0.1, -0.05) is 109 Å². The summed E-state index contributed by atoms with van der Waals surface area (Å²) in [4.78, 5) is 4.83. The smallest absolute Gasteiger partial charge is 0.141 e. The van der Waals surface area contributed by atoms with E-state index in [1.165, 1.54) is 10.8 Å². The van der Waals surface area contributed by atoms with Crippen LogP contribution in [0, 0.1) is 0 Å². The predicted octanol–water partition coefficient (Wildman–Crippen LogP) is 8.16. The number of rotatable bonds is 3. The molecule has 2 nitrogen and oxygen atoms in total. The fraction of sp³-hybridized carbons (Fsp3) is 0.0294. The van der Waals surface area contributed by atoms with Crippen molar-refractivity contribution in [2.45, 2.75) is 0 Å². The lowest BCUT2D eigenvalue weighted by atomic mass is 9.89. The molecule has 2 heterocycles. The van der Waals surface area contributed by atoms with Crippen LogP contribution in [-0.4, -0.2) is 11.6 Å². The van der Waals surface area contributed by atoms with Crippen molar-refractivity contribution in [2.24, 2.45) is 0 Å². The molecule has 0 radical (unpaired) electrons. The quantitative estimate of drug-likeness (QED) is 0.233. The standard InChI is InChI=1S/C34H24NOP/c1-37(36)32-14-8-7-13-29(32)30-19-16-25(21-33(30)37)28-18-15-23-9-5-6-12-27(23)34(28)26-17-20-31(35-22-26)24-10-3-2-4-11-24/h2-22H,1H3. The number of hydrogen-bond acceptors (Lipinski definition) is 2. The van der Waals surface area contributed by atoms with E-state index >= 15 is 0 Å². The molecule has 5 aromatic carbocycles. The number of aromatic nitrogens is 1. The molecule has 0 amide bonds. The Morgan fingerprint density at radius 1 is 0.568 bits per heavy atom. The third-order valence-corrected chi connectivity index (χ3v) is 10.1. The summed E-state index contributed by atoms with van der Waals surface area (Å²) in [5, 5.41) is 4.27. The summed E-state index contributed by atoms with van der Waals surface area (Å²) < 4.78 is 14.0. The Morgan fingerprint density at radius 3 is 2.11 bits per heavy atom. The van der Waals surface area contributed by atoms with Gasteiger partial charge in [0.05, 0.1) is 5.69 Å². The molecule has 1 aliphatic heterocycles. The largest absolute Gasteiger partial charge is 0.314 e. The molecule has 3 heteroatoms. The summed E-state index contributed by atoms with van der Waals surface area (Å²) in [6.07, 6.45) is 1.97. The van der Waals surface area contributed by atoms with Gasteiger partial charge in [0.1, 0.15) is 7.14 Å². The highest BCUT2D eigenvalue weighted by Crippen LogP contribution is 2.51. The van der Waals surface area contributed by atoms with Crippen LogP contribution in [-0.2, 0) is 4.57 Å². The van der Waals surface area contributed by atoms with Crippen LogP contribution in [0.4, 0.5) is 0 Å². The molecule has 6 aromatic rings. The molecule has 1 aromatic heterocycles. The Balaban J connectivity index is 1.42. The molecule has 1 aliphatic rings. The first-order valence-electron chi connectivity index (χ1n) is 12.5. The third kappa shape index (κ3) is 3.49. The molecule has 0 saturated carbocycles. The Morgan fingerprint density at radius 2 is 1.27 bits per heavy atom. The van der Waals surface area contributed by atoms with Crippen molar-refractivity contribution in [2.75, 3.05) is 6.66 Å². The highest BCUT2D eigenvalue weighted by Gasteiger charge is 2.34. The van der Waals surface area contributed by atoms with Gasteiger partial charge in [0.25, 0.3) is 0 Å². The summed E-state index contributed by atoms with van der Waals surface area (Å²) >= 11 is 0. The zero-order valence-electron chi connectivity index (χ0n) is 20.4. The summed E-state index contributed by atoms with van der Waals surface area (Å²) in [6.45, 7) is 1.90. The number of benzene rings is 5. The van der Waals surface area contributed by atoms with Crippen LogP contribution in [0.3, 0.4) is 0 Å². The Hall–Kier alpha value is -4.26. The molecule has 1 unspecified atom stereocenters. The van der Waals surface area contributed by atoms with E-state index in [-0.39, 0.29) is 0 Å². The van der Waals surface area contributed by atoms with Gasteiger partial charge in [-0.15, -0.1) is 0 Å². The Kier molecular flexibility index (Phi) is 4.99. The second-order valence-corrected chi connectivity index (χ2v) is 12.5. The molecule has 0 aliphatic carbocycles. The van der Waals surface area contributed by atoms with Crippen molar-refractivity contribution in [3.63, 3.8) is 0 Å². The topological polar surface area (TPSA) is 30.0 Å². The monoisotopic (exact) mass is 493 g/mol. The van der Waals surface area contributed by atoms with E-state index in [0.717, 1.165) is 55.2 Å². The highest BCUT2D eigenvalue weighted by atomic mass is 31.2. The van der Waals surface area contributed by atoms with Gasteiger partial charge in [-0.2, -0.15) is 0 Å². The normalized spacial score (nSPS) is 15.9.